The lowest BCUT2D eigenvalue weighted by atomic mass is 9.90. The van der Waals surface area contributed by atoms with Crippen LogP contribution in [0.4, 0.5) is 16.2 Å². The summed E-state index contributed by atoms with van der Waals surface area (Å²) in [5.74, 6) is -2.28. The first kappa shape index (κ1) is 20.1. The van der Waals surface area contributed by atoms with Crippen molar-refractivity contribution in [2.75, 3.05) is 23.3 Å². The summed E-state index contributed by atoms with van der Waals surface area (Å²) in [6.45, 7) is 0.719. The zero-order valence-corrected chi connectivity index (χ0v) is 16.5. The Balaban J connectivity index is 1.59. The predicted molar refractivity (Wildman–Crippen MR) is 110 cm³/mol. The molecule has 1 unspecified atom stereocenters. The van der Waals surface area contributed by atoms with Gasteiger partial charge in [0.25, 0.3) is 5.91 Å². The number of anilines is 2. The summed E-state index contributed by atoms with van der Waals surface area (Å²) in [5, 5.41) is 5.26. The molecular weight excluding hydrogens is 402 g/mol. The van der Waals surface area contributed by atoms with Crippen molar-refractivity contribution in [1.82, 2.24) is 10.2 Å². The van der Waals surface area contributed by atoms with Crippen LogP contribution in [0.3, 0.4) is 0 Å². The van der Waals surface area contributed by atoms with Gasteiger partial charge in [-0.3, -0.25) is 29.0 Å². The number of carbonyl (C=O) groups excluding carboxylic acids is 5. The molecule has 4 rings (SSSR count). The van der Waals surface area contributed by atoms with Crippen molar-refractivity contribution in [3.8, 4) is 0 Å². The maximum absolute atomic E-state index is 13.1. The highest BCUT2D eigenvalue weighted by Gasteiger charge is 2.50. The third-order valence-electron chi connectivity index (χ3n) is 5.36. The quantitative estimate of drug-likeness (QED) is 0.618. The Hall–Kier alpha value is -4.21. The number of rotatable bonds is 4. The number of nitrogens with zero attached hydrogens (tertiary/aromatic N) is 2. The van der Waals surface area contributed by atoms with Gasteiger partial charge in [0.1, 0.15) is 18.6 Å². The second-order valence-corrected chi connectivity index (χ2v) is 7.44. The van der Waals surface area contributed by atoms with Crippen LogP contribution in [0.2, 0.25) is 0 Å². The van der Waals surface area contributed by atoms with Crippen LogP contribution in [0.5, 0.6) is 0 Å². The second kappa shape index (κ2) is 7.24. The van der Waals surface area contributed by atoms with E-state index in [4.69, 9.17) is 5.73 Å². The summed E-state index contributed by atoms with van der Waals surface area (Å²) in [5.41, 5.74) is 5.34. The maximum atomic E-state index is 13.1. The van der Waals surface area contributed by atoms with Crippen LogP contribution in [0, 0.1) is 0 Å². The molecule has 0 bridgehead atoms. The highest BCUT2D eigenvalue weighted by atomic mass is 16.2. The van der Waals surface area contributed by atoms with Crippen molar-refractivity contribution in [3.05, 3.63) is 59.7 Å². The topological polar surface area (TPSA) is 142 Å². The van der Waals surface area contributed by atoms with E-state index in [1.807, 2.05) is 0 Å². The molecule has 2 aliphatic rings. The highest BCUT2D eigenvalue weighted by Crippen LogP contribution is 2.31. The zero-order valence-electron chi connectivity index (χ0n) is 16.5. The minimum absolute atomic E-state index is 0.186. The molecule has 1 fully saturated rings. The van der Waals surface area contributed by atoms with E-state index in [1.54, 1.807) is 36.4 Å². The Bertz CT molecular complexity index is 1150. The summed E-state index contributed by atoms with van der Waals surface area (Å²) >= 11 is 0. The Kier molecular flexibility index (Phi) is 4.69. The van der Waals surface area contributed by atoms with Gasteiger partial charge in [-0.15, -0.1) is 0 Å². The molecular formula is C21H19N5O5. The van der Waals surface area contributed by atoms with Gasteiger partial charge >= 0.3 is 6.03 Å². The lowest BCUT2D eigenvalue weighted by Gasteiger charge is -2.30. The van der Waals surface area contributed by atoms with Crippen molar-refractivity contribution in [2.45, 2.75) is 12.5 Å². The summed E-state index contributed by atoms with van der Waals surface area (Å²) in [4.78, 5) is 64.2. The molecule has 4 N–H and O–H groups in total. The molecule has 158 valence electrons. The fourth-order valence-corrected chi connectivity index (χ4v) is 3.70. The molecule has 6 amide bonds. The first-order valence-corrected chi connectivity index (χ1v) is 9.44. The third-order valence-corrected chi connectivity index (χ3v) is 5.36. The van der Waals surface area contributed by atoms with E-state index < -0.39 is 35.8 Å². The van der Waals surface area contributed by atoms with Crippen LogP contribution in [0.15, 0.2) is 48.5 Å². The number of amides is 6. The maximum Gasteiger partial charge on any atom is 0.325 e. The van der Waals surface area contributed by atoms with Crippen LogP contribution >= 0.6 is 0 Å². The van der Waals surface area contributed by atoms with Gasteiger partial charge in [0, 0.05) is 5.56 Å². The summed E-state index contributed by atoms with van der Waals surface area (Å²) in [6, 6.07) is 12.1. The van der Waals surface area contributed by atoms with E-state index >= 15 is 0 Å². The average Bonchev–Trinajstić information content (AvgIpc) is 2.97. The van der Waals surface area contributed by atoms with Gasteiger partial charge in [0.05, 0.1) is 11.4 Å². The van der Waals surface area contributed by atoms with Gasteiger partial charge in [0.2, 0.25) is 17.7 Å². The van der Waals surface area contributed by atoms with Crippen LogP contribution in [0.25, 0.3) is 0 Å². The van der Waals surface area contributed by atoms with E-state index in [1.165, 1.54) is 24.0 Å². The number of imide groups is 1. The molecule has 0 radical (unpaired) electrons. The van der Waals surface area contributed by atoms with Gasteiger partial charge in [0.15, 0.2) is 0 Å². The first-order chi connectivity index (χ1) is 14.7. The second-order valence-electron chi connectivity index (χ2n) is 7.44. The molecule has 2 aromatic rings. The van der Waals surface area contributed by atoms with Gasteiger partial charge in [-0.25, -0.2) is 4.79 Å². The van der Waals surface area contributed by atoms with E-state index in [2.05, 4.69) is 10.6 Å². The number of para-hydroxylation sites is 2. The monoisotopic (exact) mass is 421 g/mol. The minimum Gasteiger partial charge on any atom is -0.366 e. The number of hydrogen-bond donors (Lipinski definition) is 3. The molecule has 1 saturated heterocycles. The standard InChI is InChI=1S/C21H19N5O5/c1-21(13-6-4-5-12(9-13)18(22)29)19(30)26(20(31)24-21)11-17(28)25-10-16(27)23-14-7-2-3-8-15(14)25/h2-9H,10-11H2,1H3,(H2,22,29)(H,23,27)(H,24,31). The summed E-state index contributed by atoms with van der Waals surface area (Å²) < 4.78 is 0. The number of nitrogens with two attached hydrogens (primary N) is 1. The SMILES string of the molecule is CC1(c2cccc(C(N)=O)c2)NC(=O)N(CC(=O)N2CC(=O)Nc3ccccc32)C1=O. The van der Waals surface area contributed by atoms with E-state index in [0.717, 1.165) is 4.90 Å². The largest absolute Gasteiger partial charge is 0.366 e. The smallest absolute Gasteiger partial charge is 0.325 e. The van der Waals surface area contributed by atoms with Crippen molar-refractivity contribution in [2.24, 2.45) is 5.73 Å². The number of hydrogen-bond acceptors (Lipinski definition) is 5. The summed E-state index contributed by atoms with van der Waals surface area (Å²) in [6.07, 6.45) is 0. The number of nitrogens with one attached hydrogen (secondary N) is 2. The molecule has 0 aliphatic carbocycles. The van der Waals surface area contributed by atoms with Crippen molar-refractivity contribution in [1.29, 1.82) is 0 Å². The van der Waals surface area contributed by atoms with E-state index in [9.17, 15) is 24.0 Å². The van der Waals surface area contributed by atoms with Crippen molar-refractivity contribution >= 4 is 41.0 Å². The van der Waals surface area contributed by atoms with Crippen molar-refractivity contribution < 1.29 is 24.0 Å². The van der Waals surface area contributed by atoms with Crippen LogP contribution < -0.4 is 21.3 Å². The Labute approximate surface area is 177 Å². The molecule has 2 aromatic carbocycles. The molecule has 10 heteroatoms. The van der Waals surface area contributed by atoms with E-state index in [0.29, 0.717) is 16.9 Å². The van der Waals surface area contributed by atoms with Crippen LogP contribution in [-0.4, -0.2) is 47.6 Å². The van der Waals surface area contributed by atoms with Crippen LogP contribution in [0.1, 0.15) is 22.8 Å². The van der Waals surface area contributed by atoms with Gasteiger partial charge < -0.3 is 16.4 Å². The first-order valence-electron chi connectivity index (χ1n) is 9.44. The molecule has 0 aromatic heterocycles. The van der Waals surface area contributed by atoms with Crippen LogP contribution in [-0.2, 0) is 19.9 Å². The summed E-state index contributed by atoms with van der Waals surface area (Å²) in [7, 11) is 0. The Morgan fingerprint density at radius 2 is 1.84 bits per heavy atom. The molecule has 1 atom stereocenters. The molecule has 10 nitrogen and oxygen atoms in total. The molecule has 2 aliphatic heterocycles. The number of benzene rings is 2. The number of carbonyl (C=O) groups is 5. The number of primary amides is 1. The van der Waals surface area contributed by atoms with Gasteiger partial charge in [-0.05, 0) is 36.8 Å². The minimum atomic E-state index is -1.47. The highest BCUT2D eigenvalue weighted by molar-refractivity contribution is 6.14. The Morgan fingerprint density at radius 3 is 2.58 bits per heavy atom. The lowest BCUT2D eigenvalue weighted by molar-refractivity contribution is -0.134. The number of urea groups is 1. The molecule has 0 spiro atoms. The van der Waals surface area contributed by atoms with Gasteiger partial charge in [-0.1, -0.05) is 24.3 Å². The number of fused-ring (bicyclic) bond motifs is 1. The Morgan fingerprint density at radius 1 is 1.10 bits per heavy atom. The van der Waals surface area contributed by atoms with E-state index in [-0.39, 0.29) is 18.0 Å². The fourth-order valence-electron chi connectivity index (χ4n) is 3.70. The normalized spacial score (nSPS) is 20.2. The lowest BCUT2D eigenvalue weighted by Crippen LogP contribution is -2.48. The molecule has 0 saturated carbocycles. The fraction of sp³-hybridized carbons (Fsp3) is 0.190. The third kappa shape index (κ3) is 3.37. The van der Waals surface area contributed by atoms with Crippen molar-refractivity contribution in [3.63, 3.8) is 0 Å². The molecule has 2 heterocycles. The zero-order chi connectivity index (χ0) is 22.3. The predicted octanol–water partition coefficient (Wildman–Crippen LogP) is 0.538. The van der Waals surface area contributed by atoms with Gasteiger partial charge in [-0.2, -0.15) is 0 Å². The average molecular weight is 421 g/mol. The molecule has 31 heavy (non-hydrogen) atoms.